The monoisotopic (exact) mass is 648 g/mol. The predicted octanol–water partition coefficient (Wildman–Crippen LogP) is 7.64. The molecule has 220 valence electrons. The number of hydrogen-bond acceptors (Lipinski definition) is 5. The van der Waals surface area contributed by atoms with Crippen LogP contribution in [0.4, 0.5) is 0 Å². The molecule has 1 heterocycles. The van der Waals surface area contributed by atoms with Gasteiger partial charge in [-0.05, 0) is 65.6 Å². The Labute approximate surface area is 264 Å². The molecule has 1 atom stereocenters. The zero-order valence-electron chi connectivity index (χ0n) is 23.1. The number of halogens is 4. The highest BCUT2D eigenvalue weighted by Crippen LogP contribution is 2.32. The Kier molecular flexibility index (Phi) is 10.4. The number of esters is 1. The van der Waals surface area contributed by atoms with Crippen molar-refractivity contribution in [1.82, 2.24) is 9.80 Å². The van der Waals surface area contributed by atoms with Crippen LogP contribution in [-0.2, 0) is 32.3 Å². The predicted molar refractivity (Wildman–Crippen MR) is 164 cm³/mol. The third-order valence-electron chi connectivity index (χ3n) is 6.43. The van der Waals surface area contributed by atoms with E-state index in [1.54, 1.807) is 66.9 Å². The second-order valence-electron chi connectivity index (χ2n) is 10.1. The molecule has 0 saturated heterocycles. The van der Waals surface area contributed by atoms with Gasteiger partial charge in [-0.25, -0.2) is 0 Å². The maximum atomic E-state index is 13.8. The van der Waals surface area contributed by atoms with E-state index in [2.05, 4.69) is 0 Å². The van der Waals surface area contributed by atoms with Crippen molar-refractivity contribution in [3.8, 4) is 5.75 Å². The van der Waals surface area contributed by atoms with Crippen molar-refractivity contribution >= 4 is 69.9 Å². The first-order valence-corrected chi connectivity index (χ1v) is 14.5. The zero-order chi connectivity index (χ0) is 30.6. The second-order valence-corrected chi connectivity index (χ2v) is 11.8. The van der Waals surface area contributed by atoms with Crippen LogP contribution in [0.25, 0.3) is 5.70 Å². The summed E-state index contributed by atoms with van der Waals surface area (Å²) in [6, 6.07) is 16.2. The summed E-state index contributed by atoms with van der Waals surface area (Å²) >= 11 is 24.3. The first kappa shape index (κ1) is 31.7. The van der Waals surface area contributed by atoms with Crippen LogP contribution >= 0.6 is 46.4 Å². The summed E-state index contributed by atoms with van der Waals surface area (Å²) in [5.74, 6) is -1.07. The molecule has 0 fully saturated rings. The smallest absolute Gasteiger partial charge is 0.326 e. The lowest BCUT2D eigenvalue weighted by molar-refractivity contribution is -0.151. The van der Waals surface area contributed by atoms with E-state index in [1.165, 1.54) is 16.7 Å². The highest BCUT2D eigenvalue weighted by molar-refractivity contribution is 6.35. The van der Waals surface area contributed by atoms with Crippen molar-refractivity contribution in [3.05, 3.63) is 104 Å². The summed E-state index contributed by atoms with van der Waals surface area (Å²) < 4.78 is 11.4. The van der Waals surface area contributed by atoms with E-state index in [4.69, 9.17) is 55.9 Å². The second kappa shape index (κ2) is 13.8. The van der Waals surface area contributed by atoms with Gasteiger partial charge < -0.3 is 14.4 Å². The number of hydrogen-bond donors (Lipinski definition) is 0. The molecule has 42 heavy (non-hydrogen) atoms. The van der Waals surface area contributed by atoms with E-state index in [1.807, 2.05) is 13.8 Å². The minimum Gasteiger partial charge on any atom is -0.489 e. The molecular weight excluding hydrogens is 622 g/mol. The lowest BCUT2D eigenvalue weighted by Gasteiger charge is -2.40. The van der Waals surface area contributed by atoms with Gasteiger partial charge in [-0.3, -0.25) is 19.3 Å². The molecule has 7 nitrogen and oxygen atoms in total. The van der Waals surface area contributed by atoms with Gasteiger partial charge in [-0.15, -0.1) is 0 Å². The third-order valence-corrected chi connectivity index (χ3v) is 7.31. The minimum atomic E-state index is -0.794. The fourth-order valence-electron chi connectivity index (χ4n) is 4.60. The number of benzene rings is 3. The van der Waals surface area contributed by atoms with Crippen molar-refractivity contribution in [1.29, 1.82) is 0 Å². The minimum absolute atomic E-state index is 0.0792. The van der Waals surface area contributed by atoms with Crippen LogP contribution in [-0.4, -0.2) is 40.2 Å². The zero-order valence-corrected chi connectivity index (χ0v) is 26.1. The molecule has 0 saturated carbocycles. The number of ether oxygens (including phenoxy) is 2. The van der Waals surface area contributed by atoms with Crippen LogP contribution < -0.4 is 4.74 Å². The fourth-order valence-corrected chi connectivity index (χ4v) is 5.75. The molecule has 3 aromatic carbocycles. The van der Waals surface area contributed by atoms with Gasteiger partial charge in [-0.1, -0.05) is 72.4 Å². The first-order valence-electron chi connectivity index (χ1n) is 13.0. The van der Waals surface area contributed by atoms with Gasteiger partial charge in [0.15, 0.2) is 0 Å². The molecule has 0 bridgehead atoms. The van der Waals surface area contributed by atoms with Gasteiger partial charge in [0.1, 0.15) is 31.5 Å². The summed E-state index contributed by atoms with van der Waals surface area (Å²) in [5, 5.41) is 1.81. The highest BCUT2D eigenvalue weighted by Gasteiger charge is 2.40. The van der Waals surface area contributed by atoms with Crippen LogP contribution in [0.2, 0.25) is 20.1 Å². The third kappa shape index (κ3) is 7.98. The average Bonchev–Trinajstić information content (AvgIpc) is 2.90. The molecule has 0 spiro atoms. The largest absolute Gasteiger partial charge is 0.489 e. The molecule has 0 aliphatic carbocycles. The Bertz CT molecular complexity index is 1500. The Morgan fingerprint density at radius 1 is 0.857 bits per heavy atom. The molecule has 1 aliphatic heterocycles. The molecular formula is C31H28Cl4N2O5. The molecule has 0 N–H and O–H groups in total. The number of amides is 2. The number of carbonyl (C=O) groups is 3. The molecule has 0 radical (unpaired) electrons. The summed E-state index contributed by atoms with van der Waals surface area (Å²) in [6.45, 7) is 4.82. The van der Waals surface area contributed by atoms with Gasteiger partial charge in [0.25, 0.3) is 5.91 Å². The Hall–Kier alpha value is -3.23. The quantitative estimate of drug-likeness (QED) is 0.223. The van der Waals surface area contributed by atoms with Crippen LogP contribution in [0.15, 0.2) is 66.9 Å². The molecule has 1 aliphatic rings. The highest BCUT2D eigenvalue weighted by atomic mass is 35.5. The maximum absolute atomic E-state index is 13.8. The number of nitrogens with zero attached hydrogens (tertiary/aromatic N) is 2. The normalized spacial score (nSPS) is 15.1. The van der Waals surface area contributed by atoms with Crippen molar-refractivity contribution in [2.24, 2.45) is 5.92 Å². The van der Waals surface area contributed by atoms with Crippen molar-refractivity contribution in [3.63, 3.8) is 0 Å². The summed E-state index contributed by atoms with van der Waals surface area (Å²) in [6.07, 6.45) is 1.59. The standard InChI is InChI=1S/C31H28Cl4N2O5/c1-18(2)30-31(40)37(15-29(39)42-17-21-9-25(34)13-26(35)10-21)28(14-36(30)19(3)38)22-5-4-6-27(11-22)41-16-20-7-23(32)12-24(33)8-20/h4-14,18,30H,15-17H2,1-3H3/t30-/m1/s1. The van der Waals surface area contributed by atoms with E-state index < -0.39 is 17.9 Å². The van der Waals surface area contributed by atoms with E-state index in [9.17, 15) is 14.4 Å². The molecule has 3 aromatic rings. The Balaban J connectivity index is 1.61. The summed E-state index contributed by atoms with van der Waals surface area (Å²) in [7, 11) is 0. The summed E-state index contributed by atoms with van der Waals surface area (Å²) in [4.78, 5) is 42.2. The number of carbonyl (C=O) groups excluding carboxylic acids is 3. The van der Waals surface area contributed by atoms with Gasteiger partial charge in [-0.2, -0.15) is 0 Å². The number of rotatable bonds is 9. The maximum Gasteiger partial charge on any atom is 0.326 e. The Morgan fingerprint density at radius 3 is 1.98 bits per heavy atom. The van der Waals surface area contributed by atoms with Gasteiger partial charge in [0.2, 0.25) is 5.91 Å². The SMILES string of the molecule is CC(=O)N1C=C(c2cccc(OCc3cc(Cl)cc(Cl)c3)c2)N(CC(=O)OCc2cc(Cl)cc(Cl)c2)C(=O)[C@H]1C(C)C. The van der Waals surface area contributed by atoms with E-state index in [0.717, 1.165) is 5.56 Å². The molecule has 2 amide bonds. The molecule has 11 heteroatoms. The topological polar surface area (TPSA) is 76.2 Å². The van der Waals surface area contributed by atoms with Gasteiger partial charge >= 0.3 is 5.97 Å². The van der Waals surface area contributed by atoms with E-state index in [0.29, 0.717) is 42.7 Å². The molecule has 4 rings (SSSR count). The molecule has 0 unspecified atom stereocenters. The van der Waals surface area contributed by atoms with Gasteiger partial charge in [0.05, 0.1) is 5.70 Å². The van der Waals surface area contributed by atoms with E-state index in [-0.39, 0.29) is 31.6 Å². The van der Waals surface area contributed by atoms with Crippen molar-refractivity contribution < 1.29 is 23.9 Å². The average molecular weight is 650 g/mol. The first-order chi connectivity index (χ1) is 19.9. The van der Waals surface area contributed by atoms with Crippen LogP contribution in [0.3, 0.4) is 0 Å². The lowest BCUT2D eigenvalue weighted by atomic mass is 9.97. The fraction of sp³-hybridized carbons (Fsp3) is 0.258. The van der Waals surface area contributed by atoms with Crippen molar-refractivity contribution in [2.75, 3.05) is 6.54 Å². The molecule has 0 aromatic heterocycles. The van der Waals surface area contributed by atoms with Gasteiger partial charge in [0, 0.05) is 38.8 Å². The van der Waals surface area contributed by atoms with Crippen LogP contribution in [0, 0.1) is 5.92 Å². The lowest BCUT2D eigenvalue weighted by Crippen LogP contribution is -2.55. The van der Waals surface area contributed by atoms with Crippen molar-refractivity contribution in [2.45, 2.75) is 40.0 Å². The summed E-state index contributed by atoms with van der Waals surface area (Å²) in [5.41, 5.74) is 2.30. The van der Waals surface area contributed by atoms with E-state index >= 15 is 0 Å². The Morgan fingerprint density at radius 2 is 1.43 bits per heavy atom. The van der Waals surface area contributed by atoms with Crippen LogP contribution in [0.5, 0.6) is 5.75 Å². The van der Waals surface area contributed by atoms with Crippen LogP contribution in [0.1, 0.15) is 37.5 Å².